The maximum absolute atomic E-state index is 6.09. The van der Waals surface area contributed by atoms with Gasteiger partial charge in [-0.3, -0.25) is 0 Å². The molecule has 0 amide bonds. The molecule has 0 atom stereocenters. The summed E-state index contributed by atoms with van der Waals surface area (Å²) in [6.07, 6.45) is 9.84. The van der Waals surface area contributed by atoms with E-state index in [2.05, 4.69) is 41.0 Å². The molecule has 2 aromatic rings. The number of nitrogen functional groups attached to an aromatic ring is 1. The van der Waals surface area contributed by atoms with Crippen molar-refractivity contribution in [3.63, 3.8) is 0 Å². The molecule has 1 fully saturated rings. The molecular formula is C18H27N5. The van der Waals surface area contributed by atoms with Gasteiger partial charge in [0.05, 0.1) is 0 Å². The number of nitrogens with zero attached hydrogens (tertiary/aromatic N) is 4. The summed E-state index contributed by atoms with van der Waals surface area (Å²) in [6.45, 7) is 7.94. The molecule has 1 aliphatic heterocycles. The summed E-state index contributed by atoms with van der Waals surface area (Å²) in [6, 6.07) is 2.23. The van der Waals surface area contributed by atoms with Gasteiger partial charge in [-0.2, -0.15) is 5.10 Å². The highest BCUT2D eigenvalue weighted by Crippen LogP contribution is 2.27. The first-order valence-corrected chi connectivity index (χ1v) is 8.67. The molecule has 1 aliphatic rings. The van der Waals surface area contributed by atoms with Crippen LogP contribution >= 0.6 is 0 Å². The summed E-state index contributed by atoms with van der Waals surface area (Å²) >= 11 is 0. The minimum Gasteiger partial charge on any atom is -0.382 e. The second kappa shape index (κ2) is 7.13. The Morgan fingerprint density at radius 1 is 1.30 bits per heavy atom. The van der Waals surface area contributed by atoms with Crippen molar-refractivity contribution in [2.24, 2.45) is 0 Å². The number of aryl methyl sites for hydroxylation is 1. The van der Waals surface area contributed by atoms with Crippen molar-refractivity contribution in [3.05, 3.63) is 29.7 Å². The molecule has 0 aromatic carbocycles. The van der Waals surface area contributed by atoms with Crippen LogP contribution in [0.3, 0.4) is 0 Å². The topological polar surface area (TPSA) is 59.5 Å². The SMILES string of the molecule is C/C=C(\C)c1cc(CCCCN2CCCC2)n2ncnc(N)c12. The minimum atomic E-state index is 0.555. The molecule has 2 aromatic heterocycles. The van der Waals surface area contributed by atoms with E-state index in [4.69, 9.17) is 5.73 Å². The molecular weight excluding hydrogens is 286 g/mol. The monoisotopic (exact) mass is 313 g/mol. The zero-order valence-corrected chi connectivity index (χ0v) is 14.3. The molecule has 0 spiro atoms. The van der Waals surface area contributed by atoms with Crippen molar-refractivity contribution in [2.45, 2.75) is 46.0 Å². The van der Waals surface area contributed by atoms with Gasteiger partial charge in [-0.05, 0) is 77.2 Å². The Morgan fingerprint density at radius 2 is 2.09 bits per heavy atom. The average molecular weight is 313 g/mol. The number of anilines is 1. The van der Waals surface area contributed by atoms with E-state index >= 15 is 0 Å². The number of unbranched alkanes of at least 4 members (excludes halogenated alkanes) is 1. The highest BCUT2D eigenvalue weighted by Gasteiger charge is 2.15. The van der Waals surface area contributed by atoms with Crippen molar-refractivity contribution in [1.82, 2.24) is 19.5 Å². The lowest BCUT2D eigenvalue weighted by Crippen LogP contribution is -2.20. The first-order chi connectivity index (χ1) is 11.2. The fraction of sp³-hybridized carbons (Fsp3) is 0.556. The van der Waals surface area contributed by atoms with Gasteiger partial charge < -0.3 is 10.6 Å². The van der Waals surface area contributed by atoms with Crippen LogP contribution in [0.15, 0.2) is 18.5 Å². The van der Waals surface area contributed by atoms with Gasteiger partial charge >= 0.3 is 0 Å². The predicted octanol–water partition coefficient (Wildman–Crippen LogP) is 3.15. The molecule has 23 heavy (non-hydrogen) atoms. The third-order valence-corrected chi connectivity index (χ3v) is 4.87. The first kappa shape index (κ1) is 16.0. The van der Waals surface area contributed by atoms with E-state index in [9.17, 15) is 0 Å². The van der Waals surface area contributed by atoms with E-state index in [0.29, 0.717) is 5.82 Å². The molecule has 0 radical (unpaired) electrons. The average Bonchev–Trinajstić information content (AvgIpc) is 3.19. The highest BCUT2D eigenvalue weighted by molar-refractivity contribution is 5.84. The molecule has 2 N–H and O–H groups in total. The van der Waals surface area contributed by atoms with Crippen LogP contribution in [-0.2, 0) is 6.42 Å². The Labute approximate surface area is 138 Å². The number of nitrogens with two attached hydrogens (primary N) is 1. The Morgan fingerprint density at radius 3 is 2.83 bits per heavy atom. The minimum absolute atomic E-state index is 0.555. The van der Waals surface area contributed by atoms with Crippen molar-refractivity contribution in [3.8, 4) is 0 Å². The number of aromatic nitrogens is 3. The van der Waals surface area contributed by atoms with Gasteiger partial charge in [0.25, 0.3) is 0 Å². The molecule has 5 nitrogen and oxygen atoms in total. The van der Waals surface area contributed by atoms with E-state index in [-0.39, 0.29) is 0 Å². The summed E-state index contributed by atoms with van der Waals surface area (Å²) in [5.74, 6) is 0.555. The van der Waals surface area contributed by atoms with Crippen LogP contribution in [-0.4, -0.2) is 39.1 Å². The van der Waals surface area contributed by atoms with Crippen LogP contribution in [0.5, 0.6) is 0 Å². The molecule has 3 rings (SSSR count). The lowest BCUT2D eigenvalue weighted by atomic mass is 10.1. The van der Waals surface area contributed by atoms with Crippen LogP contribution in [0.25, 0.3) is 11.1 Å². The van der Waals surface area contributed by atoms with Gasteiger partial charge in [-0.25, -0.2) is 9.50 Å². The molecule has 0 saturated carbocycles. The van der Waals surface area contributed by atoms with Gasteiger partial charge in [-0.15, -0.1) is 0 Å². The fourth-order valence-electron chi connectivity index (χ4n) is 3.41. The molecule has 1 saturated heterocycles. The third kappa shape index (κ3) is 3.39. The van der Waals surface area contributed by atoms with Crippen LogP contribution in [0.2, 0.25) is 0 Å². The van der Waals surface area contributed by atoms with Crippen molar-refractivity contribution < 1.29 is 0 Å². The molecule has 0 aliphatic carbocycles. The standard InChI is InChI=1S/C18H27N5/c1-3-14(2)16-12-15(23-17(16)18(19)20-13-21-23)8-4-5-9-22-10-6-7-11-22/h3,12-13H,4-11H2,1-2H3,(H2,19,20,21)/b14-3+. The molecule has 0 unspecified atom stereocenters. The lowest BCUT2D eigenvalue weighted by Gasteiger charge is -2.13. The number of allylic oxidation sites excluding steroid dienone is 2. The van der Waals surface area contributed by atoms with Gasteiger partial charge in [-0.1, -0.05) is 6.08 Å². The first-order valence-electron chi connectivity index (χ1n) is 8.67. The van der Waals surface area contributed by atoms with E-state index in [1.165, 1.54) is 56.6 Å². The van der Waals surface area contributed by atoms with E-state index in [1.807, 2.05) is 4.52 Å². The number of fused-ring (bicyclic) bond motifs is 1. The van der Waals surface area contributed by atoms with Crippen molar-refractivity contribution >= 4 is 16.9 Å². The Hall–Kier alpha value is -1.88. The summed E-state index contributed by atoms with van der Waals surface area (Å²) in [5.41, 5.74) is 10.6. The summed E-state index contributed by atoms with van der Waals surface area (Å²) in [7, 11) is 0. The third-order valence-electron chi connectivity index (χ3n) is 4.87. The van der Waals surface area contributed by atoms with E-state index in [0.717, 1.165) is 17.5 Å². The van der Waals surface area contributed by atoms with Crippen molar-refractivity contribution in [1.29, 1.82) is 0 Å². The zero-order chi connectivity index (χ0) is 16.2. The van der Waals surface area contributed by atoms with Crippen LogP contribution in [0.4, 0.5) is 5.82 Å². The number of rotatable bonds is 6. The van der Waals surface area contributed by atoms with E-state index < -0.39 is 0 Å². The van der Waals surface area contributed by atoms with Gasteiger partial charge in [0.15, 0.2) is 5.82 Å². The molecule has 0 bridgehead atoms. The predicted molar refractivity (Wildman–Crippen MR) is 95.3 cm³/mol. The van der Waals surface area contributed by atoms with Crippen LogP contribution in [0, 0.1) is 0 Å². The largest absolute Gasteiger partial charge is 0.382 e. The normalized spacial score (nSPS) is 16.5. The van der Waals surface area contributed by atoms with E-state index in [1.54, 1.807) is 6.33 Å². The summed E-state index contributed by atoms with van der Waals surface area (Å²) in [5, 5.41) is 4.42. The Bertz CT molecular complexity index is 695. The maximum Gasteiger partial charge on any atom is 0.151 e. The summed E-state index contributed by atoms with van der Waals surface area (Å²) in [4.78, 5) is 6.73. The highest BCUT2D eigenvalue weighted by atomic mass is 15.3. The van der Waals surface area contributed by atoms with Crippen molar-refractivity contribution in [2.75, 3.05) is 25.4 Å². The molecule has 3 heterocycles. The molecule has 5 heteroatoms. The lowest BCUT2D eigenvalue weighted by molar-refractivity contribution is 0.330. The quantitative estimate of drug-likeness (QED) is 0.832. The maximum atomic E-state index is 6.09. The second-order valence-corrected chi connectivity index (χ2v) is 6.43. The van der Waals surface area contributed by atoms with Gasteiger partial charge in [0.2, 0.25) is 0 Å². The molecule has 124 valence electrons. The Kier molecular flexibility index (Phi) is 4.96. The van der Waals surface area contributed by atoms with Gasteiger partial charge in [0.1, 0.15) is 11.8 Å². The number of hydrogen-bond acceptors (Lipinski definition) is 4. The Balaban J connectivity index is 1.74. The van der Waals surface area contributed by atoms with Crippen LogP contribution < -0.4 is 5.73 Å². The van der Waals surface area contributed by atoms with Gasteiger partial charge in [0, 0.05) is 11.3 Å². The zero-order valence-electron chi connectivity index (χ0n) is 14.3. The second-order valence-electron chi connectivity index (χ2n) is 6.43. The summed E-state index contributed by atoms with van der Waals surface area (Å²) < 4.78 is 1.97. The fourth-order valence-corrected chi connectivity index (χ4v) is 3.41. The number of hydrogen-bond donors (Lipinski definition) is 1. The smallest absolute Gasteiger partial charge is 0.151 e. The van der Waals surface area contributed by atoms with Crippen LogP contribution in [0.1, 0.15) is 50.8 Å². The number of likely N-dealkylation sites (tertiary alicyclic amines) is 1.